The first-order chi connectivity index (χ1) is 15.1. The number of aromatic amines is 2. The quantitative estimate of drug-likeness (QED) is 0.406. The molecule has 8 heteroatoms. The standard InChI is InChI=1S/C23H25N7O/c1-13-14(2)29-30-21(13)23(31)27-18-9-17-11-20(28-22(17)26-12-18)16-5-8-25-19(10-16)15-3-6-24-7-4-15/h5,8-12,15,24H,3-4,6-7H2,1-2H3,(H,26,28)(H,27,31)(H,29,30). The maximum absolute atomic E-state index is 12.6. The number of anilines is 1. The number of hydrogen-bond donors (Lipinski definition) is 4. The molecule has 0 aliphatic carbocycles. The minimum atomic E-state index is -0.250. The zero-order chi connectivity index (χ0) is 21.4. The van der Waals surface area contributed by atoms with Crippen LogP contribution in [0, 0.1) is 13.8 Å². The van der Waals surface area contributed by atoms with Crippen molar-refractivity contribution in [2.24, 2.45) is 0 Å². The first kappa shape index (κ1) is 19.4. The molecule has 8 nitrogen and oxygen atoms in total. The molecular weight excluding hydrogens is 390 g/mol. The Labute approximate surface area is 179 Å². The molecule has 0 saturated carbocycles. The summed E-state index contributed by atoms with van der Waals surface area (Å²) in [6.45, 7) is 5.85. The van der Waals surface area contributed by atoms with Gasteiger partial charge in [-0.2, -0.15) is 5.10 Å². The lowest BCUT2D eigenvalue weighted by Gasteiger charge is -2.22. The third-order valence-corrected chi connectivity index (χ3v) is 6.05. The summed E-state index contributed by atoms with van der Waals surface area (Å²) < 4.78 is 0. The topological polar surface area (TPSA) is 111 Å². The average Bonchev–Trinajstić information content (AvgIpc) is 3.37. The summed E-state index contributed by atoms with van der Waals surface area (Å²) in [6.07, 6.45) is 5.76. The number of hydrogen-bond acceptors (Lipinski definition) is 5. The maximum atomic E-state index is 12.6. The Bertz CT molecular complexity index is 1250. The van der Waals surface area contributed by atoms with Crippen LogP contribution in [0.1, 0.15) is 46.2 Å². The minimum Gasteiger partial charge on any atom is -0.339 e. The zero-order valence-corrected chi connectivity index (χ0v) is 17.6. The van der Waals surface area contributed by atoms with E-state index in [1.54, 1.807) is 6.20 Å². The van der Waals surface area contributed by atoms with E-state index in [9.17, 15) is 4.79 Å². The first-order valence-electron chi connectivity index (χ1n) is 10.6. The Morgan fingerprint density at radius 2 is 1.97 bits per heavy atom. The van der Waals surface area contributed by atoms with E-state index in [0.29, 0.717) is 17.3 Å². The predicted octanol–water partition coefficient (Wildman–Crippen LogP) is 3.68. The third kappa shape index (κ3) is 3.82. The molecule has 1 aliphatic rings. The number of nitrogens with zero attached hydrogens (tertiary/aromatic N) is 3. The van der Waals surface area contributed by atoms with Crippen LogP contribution in [0.3, 0.4) is 0 Å². The molecule has 5 rings (SSSR count). The fourth-order valence-electron chi connectivity index (χ4n) is 4.09. The fourth-order valence-corrected chi connectivity index (χ4v) is 4.09. The maximum Gasteiger partial charge on any atom is 0.276 e. The van der Waals surface area contributed by atoms with Gasteiger partial charge >= 0.3 is 0 Å². The molecule has 1 aliphatic heterocycles. The fraction of sp³-hybridized carbons (Fsp3) is 0.304. The summed E-state index contributed by atoms with van der Waals surface area (Å²) in [4.78, 5) is 25.0. The molecule has 0 aromatic carbocycles. The largest absolute Gasteiger partial charge is 0.339 e. The third-order valence-electron chi connectivity index (χ3n) is 6.05. The lowest BCUT2D eigenvalue weighted by atomic mass is 9.93. The Morgan fingerprint density at radius 3 is 2.74 bits per heavy atom. The van der Waals surface area contributed by atoms with Crippen molar-refractivity contribution in [3.05, 3.63) is 59.3 Å². The number of fused-ring (bicyclic) bond motifs is 1. The van der Waals surface area contributed by atoms with Crippen LogP contribution in [0.15, 0.2) is 36.7 Å². The van der Waals surface area contributed by atoms with Gasteiger partial charge in [0.05, 0.1) is 11.9 Å². The van der Waals surface area contributed by atoms with Crippen molar-refractivity contribution < 1.29 is 4.79 Å². The number of amides is 1. The second-order valence-corrected chi connectivity index (χ2v) is 8.11. The van der Waals surface area contributed by atoms with Crippen LogP contribution in [0.2, 0.25) is 0 Å². The second kappa shape index (κ2) is 7.96. The summed E-state index contributed by atoms with van der Waals surface area (Å²) >= 11 is 0. The molecule has 0 spiro atoms. The Balaban J connectivity index is 1.40. The van der Waals surface area contributed by atoms with Crippen LogP contribution in [-0.2, 0) is 0 Å². The second-order valence-electron chi connectivity index (χ2n) is 8.11. The number of nitrogens with one attached hydrogen (secondary N) is 4. The van der Waals surface area contributed by atoms with Crippen LogP contribution in [-0.4, -0.2) is 44.1 Å². The Morgan fingerprint density at radius 1 is 1.13 bits per heavy atom. The Kier molecular flexibility index (Phi) is 4.99. The van der Waals surface area contributed by atoms with Gasteiger partial charge in [0, 0.05) is 45.7 Å². The molecule has 4 N–H and O–H groups in total. The van der Waals surface area contributed by atoms with Gasteiger partial charge in [-0.05, 0) is 64.0 Å². The van der Waals surface area contributed by atoms with E-state index in [1.807, 2.05) is 32.2 Å². The SMILES string of the molecule is Cc1[nH]nc(C(=O)Nc2cnc3[nH]c(-c4ccnc(C5CCNCC5)c4)cc3c2)c1C. The van der Waals surface area contributed by atoms with E-state index in [-0.39, 0.29) is 5.91 Å². The highest BCUT2D eigenvalue weighted by molar-refractivity contribution is 6.04. The average molecular weight is 416 g/mol. The number of rotatable bonds is 4. The van der Waals surface area contributed by atoms with Gasteiger partial charge in [0.15, 0.2) is 5.69 Å². The normalized spacial score (nSPS) is 14.8. The van der Waals surface area contributed by atoms with Crippen molar-refractivity contribution in [2.75, 3.05) is 18.4 Å². The van der Waals surface area contributed by atoms with E-state index >= 15 is 0 Å². The van der Waals surface area contributed by atoms with E-state index < -0.39 is 0 Å². The van der Waals surface area contributed by atoms with Gasteiger partial charge in [-0.3, -0.25) is 14.9 Å². The lowest BCUT2D eigenvalue weighted by Crippen LogP contribution is -2.27. The Hall–Kier alpha value is -3.52. The number of carbonyl (C=O) groups excluding carboxylic acids is 1. The van der Waals surface area contributed by atoms with Crippen molar-refractivity contribution in [3.8, 4) is 11.3 Å². The number of aromatic nitrogens is 5. The molecule has 31 heavy (non-hydrogen) atoms. The van der Waals surface area contributed by atoms with Gasteiger partial charge < -0.3 is 15.6 Å². The van der Waals surface area contributed by atoms with E-state index in [1.165, 1.54) is 0 Å². The molecule has 4 aromatic heterocycles. The van der Waals surface area contributed by atoms with Crippen molar-refractivity contribution in [1.82, 2.24) is 30.5 Å². The van der Waals surface area contributed by atoms with Crippen LogP contribution in [0.5, 0.6) is 0 Å². The van der Waals surface area contributed by atoms with Gasteiger partial charge in [0.25, 0.3) is 5.91 Å². The molecule has 0 bridgehead atoms. The monoisotopic (exact) mass is 415 g/mol. The first-order valence-corrected chi connectivity index (χ1v) is 10.6. The van der Waals surface area contributed by atoms with E-state index in [4.69, 9.17) is 0 Å². The number of carbonyl (C=O) groups is 1. The molecule has 0 unspecified atom stereocenters. The van der Waals surface area contributed by atoms with Crippen molar-refractivity contribution in [2.45, 2.75) is 32.6 Å². The molecule has 4 aromatic rings. The van der Waals surface area contributed by atoms with Crippen molar-refractivity contribution >= 4 is 22.6 Å². The number of pyridine rings is 2. The number of piperidine rings is 1. The molecule has 5 heterocycles. The highest BCUT2D eigenvalue weighted by Gasteiger charge is 2.18. The number of aryl methyl sites for hydroxylation is 1. The zero-order valence-electron chi connectivity index (χ0n) is 17.6. The van der Waals surface area contributed by atoms with Crippen LogP contribution in [0.25, 0.3) is 22.3 Å². The summed E-state index contributed by atoms with van der Waals surface area (Å²) in [6, 6.07) is 8.17. The van der Waals surface area contributed by atoms with E-state index in [0.717, 1.165) is 65.2 Å². The highest BCUT2D eigenvalue weighted by atomic mass is 16.1. The minimum absolute atomic E-state index is 0.250. The van der Waals surface area contributed by atoms with Gasteiger partial charge in [-0.25, -0.2) is 4.98 Å². The van der Waals surface area contributed by atoms with Gasteiger partial charge in [0.2, 0.25) is 0 Å². The molecule has 1 amide bonds. The van der Waals surface area contributed by atoms with Crippen LogP contribution in [0.4, 0.5) is 5.69 Å². The van der Waals surface area contributed by atoms with Gasteiger partial charge in [-0.1, -0.05) is 0 Å². The molecule has 0 atom stereocenters. The summed E-state index contributed by atoms with van der Waals surface area (Å²) in [5, 5.41) is 14.2. The van der Waals surface area contributed by atoms with Gasteiger partial charge in [0.1, 0.15) is 5.65 Å². The molecular formula is C23H25N7O. The summed E-state index contributed by atoms with van der Waals surface area (Å²) in [5.74, 6) is 0.249. The summed E-state index contributed by atoms with van der Waals surface area (Å²) in [5.41, 5.74) is 6.76. The smallest absolute Gasteiger partial charge is 0.276 e. The molecule has 1 saturated heterocycles. The molecule has 1 fully saturated rings. The van der Waals surface area contributed by atoms with Crippen LogP contribution < -0.4 is 10.6 Å². The van der Waals surface area contributed by atoms with Gasteiger partial charge in [-0.15, -0.1) is 0 Å². The van der Waals surface area contributed by atoms with Crippen molar-refractivity contribution in [3.63, 3.8) is 0 Å². The highest BCUT2D eigenvalue weighted by Crippen LogP contribution is 2.29. The summed E-state index contributed by atoms with van der Waals surface area (Å²) in [7, 11) is 0. The van der Waals surface area contributed by atoms with E-state index in [2.05, 4.69) is 47.9 Å². The molecule has 0 radical (unpaired) electrons. The van der Waals surface area contributed by atoms with Crippen LogP contribution >= 0.6 is 0 Å². The predicted molar refractivity (Wildman–Crippen MR) is 120 cm³/mol. The molecule has 158 valence electrons. The van der Waals surface area contributed by atoms with Crippen molar-refractivity contribution in [1.29, 1.82) is 0 Å². The number of H-pyrrole nitrogens is 2. The lowest BCUT2D eigenvalue weighted by molar-refractivity contribution is 0.102.